The highest BCUT2D eigenvalue weighted by Crippen LogP contribution is 2.31. The Morgan fingerprint density at radius 3 is 2.70 bits per heavy atom. The number of fused-ring (bicyclic) bond motifs is 1. The maximum absolute atomic E-state index is 13.1. The van der Waals surface area contributed by atoms with Crippen molar-refractivity contribution in [2.24, 2.45) is 0 Å². The van der Waals surface area contributed by atoms with Gasteiger partial charge in [-0.05, 0) is 48.8 Å². The van der Waals surface area contributed by atoms with Gasteiger partial charge in [0.25, 0.3) is 5.91 Å². The van der Waals surface area contributed by atoms with E-state index in [0.29, 0.717) is 33.8 Å². The standard InChI is InChI=1S/C26H22N8O2S/c1-3-21(35)29-15(2)25-31-22(23-24(27)28-11-12-34(23)25)17-5-4-6-18(13-17)26(36)30-19-9-7-16(8-10-19)20-14-37-33-32-20/h3-15H,1H2,2H3,(H2,27,28)(H,29,35)(H,30,36)/t15-/m0/s1. The molecule has 0 fully saturated rings. The predicted octanol–water partition coefficient (Wildman–Crippen LogP) is 4.11. The van der Waals surface area contributed by atoms with Gasteiger partial charge in [-0.2, -0.15) is 0 Å². The van der Waals surface area contributed by atoms with Gasteiger partial charge in [-0.25, -0.2) is 9.97 Å². The molecule has 3 heterocycles. The van der Waals surface area contributed by atoms with Crippen LogP contribution in [0.1, 0.15) is 29.1 Å². The zero-order valence-electron chi connectivity index (χ0n) is 19.8. The molecule has 0 radical (unpaired) electrons. The van der Waals surface area contributed by atoms with Crippen LogP contribution in [0.2, 0.25) is 0 Å². The molecule has 0 aliphatic heterocycles. The van der Waals surface area contributed by atoms with E-state index in [1.807, 2.05) is 42.6 Å². The molecule has 4 N–H and O–H groups in total. The number of carbonyl (C=O) groups excluding carboxylic acids is 2. The van der Waals surface area contributed by atoms with E-state index in [1.54, 1.807) is 35.0 Å². The molecule has 184 valence electrons. The van der Waals surface area contributed by atoms with Crippen LogP contribution in [-0.2, 0) is 4.79 Å². The van der Waals surface area contributed by atoms with Crippen molar-refractivity contribution in [1.29, 1.82) is 0 Å². The summed E-state index contributed by atoms with van der Waals surface area (Å²) in [6.07, 6.45) is 4.50. The summed E-state index contributed by atoms with van der Waals surface area (Å²) < 4.78 is 5.66. The Balaban J connectivity index is 1.45. The van der Waals surface area contributed by atoms with E-state index in [-0.39, 0.29) is 17.6 Å². The van der Waals surface area contributed by atoms with Gasteiger partial charge >= 0.3 is 0 Å². The van der Waals surface area contributed by atoms with Crippen LogP contribution in [0.25, 0.3) is 28.0 Å². The molecule has 11 heteroatoms. The summed E-state index contributed by atoms with van der Waals surface area (Å²) >= 11 is 1.28. The van der Waals surface area contributed by atoms with Crippen LogP contribution in [0, 0.1) is 0 Å². The van der Waals surface area contributed by atoms with E-state index in [0.717, 1.165) is 11.3 Å². The van der Waals surface area contributed by atoms with E-state index in [1.165, 1.54) is 17.6 Å². The molecule has 0 unspecified atom stereocenters. The maximum atomic E-state index is 13.1. The van der Waals surface area contributed by atoms with E-state index < -0.39 is 6.04 Å². The lowest BCUT2D eigenvalue weighted by Crippen LogP contribution is -2.26. The predicted molar refractivity (Wildman–Crippen MR) is 143 cm³/mol. The van der Waals surface area contributed by atoms with Crippen LogP contribution >= 0.6 is 11.5 Å². The first-order valence-electron chi connectivity index (χ1n) is 11.3. The van der Waals surface area contributed by atoms with Gasteiger partial charge in [0, 0.05) is 40.2 Å². The third-order valence-corrected chi connectivity index (χ3v) is 6.24. The first-order chi connectivity index (χ1) is 17.9. The zero-order chi connectivity index (χ0) is 25.9. The number of carbonyl (C=O) groups is 2. The Bertz CT molecular complexity index is 1610. The molecule has 37 heavy (non-hydrogen) atoms. The summed E-state index contributed by atoms with van der Waals surface area (Å²) in [5, 5.41) is 11.7. The third kappa shape index (κ3) is 4.80. The summed E-state index contributed by atoms with van der Waals surface area (Å²) in [4.78, 5) is 33.9. The quantitative estimate of drug-likeness (QED) is 0.280. The number of nitrogens with one attached hydrogen (secondary N) is 2. The lowest BCUT2D eigenvalue weighted by Gasteiger charge is -2.11. The molecule has 5 aromatic rings. The van der Waals surface area contributed by atoms with Crippen LogP contribution < -0.4 is 16.4 Å². The molecule has 0 bridgehead atoms. The van der Waals surface area contributed by atoms with Crippen molar-refractivity contribution in [3.05, 3.63) is 90.3 Å². The first kappa shape index (κ1) is 23.8. The minimum absolute atomic E-state index is 0.272. The lowest BCUT2D eigenvalue weighted by molar-refractivity contribution is -0.117. The van der Waals surface area contributed by atoms with Gasteiger partial charge in [0.05, 0.1) is 6.04 Å². The van der Waals surface area contributed by atoms with Gasteiger partial charge in [0.2, 0.25) is 5.91 Å². The topological polar surface area (TPSA) is 140 Å². The average Bonchev–Trinajstić information content (AvgIpc) is 3.58. The van der Waals surface area contributed by atoms with Gasteiger partial charge in [-0.1, -0.05) is 35.3 Å². The van der Waals surface area contributed by atoms with Crippen molar-refractivity contribution in [2.45, 2.75) is 13.0 Å². The van der Waals surface area contributed by atoms with Gasteiger partial charge in [0.15, 0.2) is 0 Å². The Morgan fingerprint density at radius 1 is 1.16 bits per heavy atom. The monoisotopic (exact) mass is 510 g/mol. The molecule has 0 aliphatic carbocycles. The molecular formula is C26H22N8O2S. The second-order valence-electron chi connectivity index (χ2n) is 8.19. The first-order valence-corrected chi connectivity index (χ1v) is 12.1. The van der Waals surface area contributed by atoms with Gasteiger partial charge in [-0.15, -0.1) is 5.10 Å². The Labute approximate surface area is 216 Å². The Kier molecular flexibility index (Phi) is 6.43. The summed E-state index contributed by atoms with van der Waals surface area (Å²) in [6.45, 7) is 5.31. The number of hydrogen-bond donors (Lipinski definition) is 3. The number of nitrogens with zero attached hydrogens (tertiary/aromatic N) is 5. The summed E-state index contributed by atoms with van der Waals surface area (Å²) in [6, 6.07) is 14.1. The van der Waals surface area contributed by atoms with E-state index in [2.05, 4.69) is 31.8 Å². The fraction of sp³-hybridized carbons (Fsp3) is 0.0769. The Hall–Kier alpha value is -4.90. The minimum atomic E-state index is -0.428. The molecule has 0 aliphatic rings. The number of rotatable bonds is 7. The number of amides is 2. The summed E-state index contributed by atoms with van der Waals surface area (Å²) in [5.74, 6) is 0.262. The largest absolute Gasteiger partial charge is 0.382 e. The molecule has 0 saturated heterocycles. The molecule has 5 rings (SSSR count). The van der Waals surface area contributed by atoms with Crippen LogP contribution in [-0.4, -0.2) is 35.8 Å². The second kappa shape index (κ2) is 9.99. The highest BCUT2D eigenvalue weighted by Gasteiger charge is 2.21. The van der Waals surface area contributed by atoms with Crippen LogP contribution in [0.5, 0.6) is 0 Å². The average molecular weight is 511 g/mol. The molecule has 0 saturated carbocycles. The van der Waals surface area contributed by atoms with Gasteiger partial charge in [-0.3, -0.25) is 14.0 Å². The number of nitrogen functional groups attached to an aromatic ring is 1. The van der Waals surface area contributed by atoms with Crippen molar-refractivity contribution < 1.29 is 9.59 Å². The summed E-state index contributed by atoms with van der Waals surface area (Å²) in [7, 11) is 0. The fourth-order valence-electron chi connectivity index (χ4n) is 3.96. The second-order valence-corrected chi connectivity index (χ2v) is 8.80. The molecule has 3 aromatic heterocycles. The molecule has 2 amide bonds. The SMILES string of the molecule is C=CC(=O)N[C@@H](C)c1nc(-c2cccc(C(=O)Nc3ccc(-c4csnn4)cc3)c2)c2c(N)nccn12. The fourth-order valence-corrected chi connectivity index (χ4v) is 4.42. The molecular weight excluding hydrogens is 488 g/mol. The molecule has 10 nitrogen and oxygen atoms in total. The van der Waals surface area contributed by atoms with Gasteiger partial charge < -0.3 is 16.4 Å². The summed E-state index contributed by atoms with van der Waals surface area (Å²) in [5.41, 5.74) is 10.8. The van der Waals surface area contributed by atoms with Crippen LogP contribution in [0.15, 0.2) is 79.0 Å². The normalized spacial score (nSPS) is 11.7. The molecule has 2 aromatic carbocycles. The number of aromatic nitrogens is 5. The van der Waals surface area contributed by atoms with E-state index in [4.69, 9.17) is 10.7 Å². The third-order valence-electron chi connectivity index (χ3n) is 5.74. The maximum Gasteiger partial charge on any atom is 0.255 e. The van der Waals surface area contributed by atoms with Crippen molar-refractivity contribution in [3.8, 4) is 22.5 Å². The highest BCUT2D eigenvalue weighted by molar-refractivity contribution is 7.03. The Morgan fingerprint density at radius 2 is 1.97 bits per heavy atom. The van der Waals surface area contributed by atoms with Gasteiger partial charge in [0.1, 0.15) is 28.5 Å². The minimum Gasteiger partial charge on any atom is -0.382 e. The number of nitrogens with two attached hydrogens (primary N) is 1. The van der Waals surface area contributed by atoms with Crippen LogP contribution in [0.4, 0.5) is 11.5 Å². The highest BCUT2D eigenvalue weighted by atomic mass is 32.1. The number of hydrogen-bond acceptors (Lipinski definition) is 8. The van der Waals surface area contributed by atoms with E-state index >= 15 is 0 Å². The zero-order valence-corrected chi connectivity index (χ0v) is 20.6. The van der Waals surface area contributed by atoms with E-state index in [9.17, 15) is 9.59 Å². The molecule has 1 atom stereocenters. The number of anilines is 2. The van der Waals surface area contributed by atoms with Crippen molar-refractivity contribution in [1.82, 2.24) is 29.3 Å². The lowest BCUT2D eigenvalue weighted by atomic mass is 10.1. The number of benzene rings is 2. The molecule has 0 spiro atoms. The smallest absolute Gasteiger partial charge is 0.255 e. The van der Waals surface area contributed by atoms with Crippen molar-refractivity contribution >= 4 is 40.4 Å². The van der Waals surface area contributed by atoms with Crippen molar-refractivity contribution in [3.63, 3.8) is 0 Å². The number of imidazole rings is 1. The van der Waals surface area contributed by atoms with Crippen molar-refractivity contribution in [2.75, 3.05) is 11.1 Å². The van der Waals surface area contributed by atoms with Crippen LogP contribution in [0.3, 0.4) is 0 Å².